The van der Waals surface area contributed by atoms with Crippen LogP contribution in [0.1, 0.15) is 16.7 Å². The highest BCUT2D eigenvalue weighted by Crippen LogP contribution is 2.32. The summed E-state index contributed by atoms with van der Waals surface area (Å²) in [5, 5.41) is 23.0. The van der Waals surface area contributed by atoms with E-state index in [1.807, 2.05) is 6.92 Å². The van der Waals surface area contributed by atoms with Crippen LogP contribution in [-0.2, 0) is 14.9 Å². The zero-order valence-corrected chi connectivity index (χ0v) is 20.3. The quantitative estimate of drug-likeness (QED) is 0.154. The summed E-state index contributed by atoms with van der Waals surface area (Å²) in [6.45, 7) is 3.48. The second kappa shape index (κ2) is 10.7. The number of nitrogens with one attached hydrogen (secondary N) is 1. The van der Waals surface area contributed by atoms with E-state index in [1.165, 1.54) is 61.7 Å². The maximum Gasteiger partial charge on any atom is 0.339 e. The van der Waals surface area contributed by atoms with Gasteiger partial charge in [-0.15, -0.1) is 0 Å². The lowest BCUT2D eigenvalue weighted by molar-refractivity contribution is -0.384. The molecule has 3 aromatic rings. The SMILES string of the molecule is COc1cc(/C=C(\C#N)C(=O)Nc2cc([N+](=O)[O-])ccc2C)ccc1OS(=O)(=O)c1ccc(C)cc1. The second-order valence-electron chi connectivity index (χ2n) is 7.64. The lowest BCUT2D eigenvalue weighted by Gasteiger charge is -2.12. The number of methoxy groups -OCH3 is 1. The van der Waals surface area contributed by atoms with Gasteiger partial charge in [0.25, 0.3) is 11.6 Å². The van der Waals surface area contributed by atoms with Gasteiger partial charge in [-0.2, -0.15) is 13.7 Å². The summed E-state index contributed by atoms with van der Waals surface area (Å²) in [5.41, 5.74) is 1.51. The number of benzene rings is 3. The molecule has 0 saturated heterocycles. The zero-order valence-electron chi connectivity index (χ0n) is 19.5. The first-order chi connectivity index (χ1) is 17.0. The van der Waals surface area contributed by atoms with Crippen LogP contribution in [0.2, 0.25) is 0 Å². The van der Waals surface area contributed by atoms with E-state index >= 15 is 0 Å². The summed E-state index contributed by atoms with van der Waals surface area (Å²) in [4.78, 5) is 23.1. The number of non-ortho nitro benzene ring substituents is 1. The van der Waals surface area contributed by atoms with Crippen molar-refractivity contribution in [3.63, 3.8) is 0 Å². The van der Waals surface area contributed by atoms with Gasteiger partial charge in [0.2, 0.25) is 0 Å². The fourth-order valence-electron chi connectivity index (χ4n) is 3.08. The number of carbonyl (C=O) groups excluding carboxylic acids is 1. The molecular weight excluding hydrogens is 486 g/mol. The molecule has 0 aliphatic rings. The maximum atomic E-state index is 12.7. The Bertz CT molecular complexity index is 1510. The molecule has 10 nitrogen and oxygen atoms in total. The normalized spacial score (nSPS) is 11.3. The molecule has 3 rings (SSSR count). The topological polar surface area (TPSA) is 149 Å². The van der Waals surface area contributed by atoms with E-state index in [4.69, 9.17) is 8.92 Å². The molecule has 0 heterocycles. The number of anilines is 1. The monoisotopic (exact) mass is 507 g/mol. The lowest BCUT2D eigenvalue weighted by Crippen LogP contribution is -2.14. The molecule has 0 aromatic heterocycles. The number of rotatable bonds is 8. The Kier molecular flexibility index (Phi) is 7.71. The van der Waals surface area contributed by atoms with E-state index in [1.54, 1.807) is 25.1 Å². The molecule has 184 valence electrons. The molecule has 36 heavy (non-hydrogen) atoms. The van der Waals surface area contributed by atoms with Gasteiger partial charge in [0, 0.05) is 12.1 Å². The Morgan fingerprint density at radius 3 is 2.36 bits per heavy atom. The molecule has 0 aliphatic carbocycles. The van der Waals surface area contributed by atoms with Crippen LogP contribution in [0.5, 0.6) is 11.5 Å². The van der Waals surface area contributed by atoms with Crippen molar-refractivity contribution in [2.45, 2.75) is 18.7 Å². The highest BCUT2D eigenvalue weighted by molar-refractivity contribution is 7.87. The summed E-state index contributed by atoms with van der Waals surface area (Å²) in [6.07, 6.45) is 1.27. The van der Waals surface area contributed by atoms with Gasteiger partial charge in [0.15, 0.2) is 11.5 Å². The molecule has 0 fully saturated rings. The lowest BCUT2D eigenvalue weighted by atomic mass is 10.1. The third kappa shape index (κ3) is 6.05. The number of nitriles is 1. The number of nitro benzene ring substituents is 1. The number of nitro groups is 1. The number of nitrogens with zero attached hydrogens (tertiary/aromatic N) is 2. The van der Waals surface area contributed by atoms with Gasteiger partial charge in [-0.1, -0.05) is 29.8 Å². The van der Waals surface area contributed by atoms with Gasteiger partial charge >= 0.3 is 10.1 Å². The van der Waals surface area contributed by atoms with Crippen molar-refractivity contribution in [3.8, 4) is 17.6 Å². The maximum absolute atomic E-state index is 12.7. The van der Waals surface area contributed by atoms with Crippen molar-refractivity contribution in [1.82, 2.24) is 0 Å². The molecule has 0 unspecified atom stereocenters. The van der Waals surface area contributed by atoms with Gasteiger partial charge in [0.1, 0.15) is 16.5 Å². The number of hydrogen-bond acceptors (Lipinski definition) is 8. The Morgan fingerprint density at radius 2 is 1.75 bits per heavy atom. The molecule has 0 spiro atoms. The van der Waals surface area contributed by atoms with Crippen molar-refractivity contribution in [2.75, 3.05) is 12.4 Å². The highest BCUT2D eigenvalue weighted by Gasteiger charge is 2.20. The van der Waals surface area contributed by atoms with Crippen molar-refractivity contribution in [2.24, 2.45) is 0 Å². The van der Waals surface area contributed by atoms with Crippen LogP contribution in [0.15, 0.2) is 71.1 Å². The standard InChI is InChI=1S/C25H21N3O7S/c1-16-4-9-21(10-5-16)36(32,33)35-23-11-7-18(13-24(23)34-3)12-19(15-26)25(29)27-22-14-20(28(30)31)8-6-17(22)2/h4-14H,1-3H3,(H,27,29)/b19-12+. The molecule has 3 aromatic carbocycles. The van der Waals surface area contributed by atoms with Crippen LogP contribution in [0, 0.1) is 35.3 Å². The molecular formula is C25H21N3O7S. The second-order valence-corrected chi connectivity index (χ2v) is 9.19. The minimum atomic E-state index is -4.12. The first-order valence-corrected chi connectivity index (χ1v) is 11.8. The number of aryl methyl sites for hydroxylation is 2. The summed E-state index contributed by atoms with van der Waals surface area (Å²) >= 11 is 0. The fraction of sp³-hybridized carbons (Fsp3) is 0.120. The molecule has 0 aliphatic heterocycles. The molecule has 0 radical (unpaired) electrons. The summed E-state index contributed by atoms with van der Waals surface area (Å²) in [7, 11) is -2.81. The minimum absolute atomic E-state index is 0.0287. The predicted molar refractivity (Wildman–Crippen MR) is 132 cm³/mol. The Labute approximate surface area is 207 Å². The Balaban J connectivity index is 1.86. The van der Waals surface area contributed by atoms with Crippen molar-refractivity contribution in [3.05, 3.63) is 93.0 Å². The predicted octanol–water partition coefficient (Wildman–Crippen LogP) is 4.53. The van der Waals surface area contributed by atoms with Crippen molar-refractivity contribution >= 4 is 33.5 Å². The first-order valence-electron chi connectivity index (χ1n) is 10.4. The van der Waals surface area contributed by atoms with E-state index in [2.05, 4.69) is 5.32 Å². The summed E-state index contributed by atoms with van der Waals surface area (Å²) in [5.74, 6) is -0.792. The third-order valence-electron chi connectivity index (χ3n) is 5.05. The van der Waals surface area contributed by atoms with Crippen molar-refractivity contribution < 1.29 is 27.1 Å². The number of ether oxygens (including phenoxy) is 1. The van der Waals surface area contributed by atoms with E-state index in [9.17, 15) is 28.6 Å². The van der Waals surface area contributed by atoms with Crippen LogP contribution < -0.4 is 14.2 Å². The molecule has 11 heteroatoms. The summed E-state index contributed by atoms with van der Waals surface area (Å²) in [6, 6.07) is 16.1. The van der Waals surface area contributed by atoms with Gasteiger partial charge in [-0.3, -0.25) is 14.9 Å². The molecule has 1 amide bonds. The first kappa shape index (κ1) is 25.9. The van der Waals surface area contributed by atoms with Crippen LogP contribution in [-0.4, -0.2) is 26.4 Å². The van der Waals surface area contributed by atoms with Gasteiger partial charge in [0.05, 0.1) is 17.7 Å². The fourth-order valence-corrected chi connectivity index (χ4v) is 4.02. The smallest absolute Gasteiger partial charge is 0.339 e. The van der Waals surface area contributed by atoms with Gasteiger partial charge in [-0.05, 0) is 55.3 Å². The van der Waals surface area contributed by atoms with E-state index in [0.717, 1.165) is 5.56 Å². The van der Waals surface area contributed by atoms with E-state index in [0.29, 0.717) is 11.1 Å². The minimum Gasteiger partial charge on any atom is -0.493 e. The van der Waals surface area contributed by atoms with Gasteiger partial charge < -0.3 is 14.2 Å². The van der Waals surface area contributed by atoms with Crippen LogP contribution >= 0.6 is 0 Å². The number of amides is 1. The Morgan fingerprint density at radius 1 is 1.06 bits per heavy atom. The molecule has 1 N–H and O–H groups in total. The zero-order chi connectivity index (χ0) is 26.5. The molecule has 0 bridgehead atoms. The van der Waals surface area contributed by atoms with Crippen molar-refractivity contribution in [1.29, 1.82) is 5.26 Å². The van der Waals surface area contributed by atoms with Crippen LogP contribution in [0.25, 0.3) is 6.08 Å². The molecule has 0 atom stereocenters. The molecule has 0 saturated carbocycles. The summed E-state index contributed by atoms with van der Waals surface area (Å²) < 4.78 is 35.7. The van der Waals surface area contributed by atoms with E-state index in [-0.39, 0.29) is 33.3 Å². The Hall–Kier alpha value is -4.69. The number of hydrogen-bond donors (Lipinski definition) is 1. The van der Waals surface area contributed by atoms with Crippen LogP contribution in [0.3, 0.4) is 0 Å². The third-order valence-corrected chi connectivity index (χ3v) is 6.30. The largest absolute Gasteiger partial charge is 0.493 e. The van der Waals surface area contributed by atoms with E-state index < -0.39 is 20.9 Å². The highest BCUT2D eigenvalue weighted by atomic mass is 32.2. The average Bonchev–Trinajstić information content (AvgIpc) is 2.84. The number of carbonyl (C=O) groups is 1. The van der Waals surface area contributed by atoms with Gasteiger partial charge in [-0.25, -0.2) is 0 Å². The van der Waals surface area contributed by atoms with Crippen LogP contribution in [0.4, 0.5) is 11.4 Å². The average molecular weight is 508 g/mol.